The maximum absolute atomic E-state index is 9.21. The molecule has 0 rings (SSSR count). The van der Waals surface area contributed by atoms with Crippen molar-refractivity contribution in [3.63, 3.8) is 0 Å². The van der Waals surface area contributed by atoms with Crippen molar-refractivity contribution >= 4 is 9.28 Å². The predicted molar refractivity (Wildman–Crippen MR) is 47.4 cm³/mol. The maximum Gasteiger partial charge on any atom is 0.318 e. The van der Waals surface area contributed by atoms with E-state index < -0.39 is 9.28 Å². The first-order chi connectivity index (χ1) is 5.24. The van der Waals surface area contributed by atoms with E-state index in [0.29, 0.717) is 25.1 Å². The largest absolute Gasteiger partial charge is 0.413 e. The normalized spacial score (nSPS) is 16.4. The van der Waals surface area contributed by atoms with Crippen LogP contribution in [0.15, 0.2) is 0 Å². The number of nitrogens with two attached hydrogens (primary N) is 2. The van der Waals surface area contributed by atoms with Gasteiger partial charge in [0.1, 0.15) is 0 Å². The van der Waals surface area contributed by atoms with Gasteiger partial charge in [0.15, 0.2) is 0 Å². The minimum Gasteiger partial charge on any atom is -0.413 e. The van der Waals surface area contributed by atoms with Crippen LogP contribution >= 0.6 is 0 Å². The fourth-order valence-electron chi connectivity index (χ4n) is 0.949. The lowest BCUT2D eigenvalue weighted by Gasteiger charge is -2.14. The van der Waals surface area contributed by atoms with E-state index in [9.17, 15) is 4.80 Å². The Bertz CT molecular complexity index is 94.7. The third kappa shape index (κ3) is 5.34. The molecule has 0 saturated heterocycles. The molecule has 0 radical (unpaired) electrons. The van der Waals surface area contributed by atoms with Gasteiger partial charge in [-0.2, -0.15) is 0 Å². The summed E-state index contributed by atoms with van der Waals surface area (Å²) in [5, 5.41) is 0. The Morgan fingerprint density at radius 1 is 1.55 bits per heavy atom. The van der Waals surface area contributed by atoms with Crippen LogP contribution in [0.5, 0.6) is 0 Å². The molecule has 0 spiro atoms. The van der Waals surface area contributed by atoms with E-state index in [1.807, 2.05) is 0 Å². The fourth-order valence-corrected chi connectivity index (χ4v) is 2.14. The lowest BCUT2D eigenvalue weighted by Crippen LogP contribution is -2.26. The van der Waals surface area contributed by atoms with Crippen LogP contribution < -0.4 is 11.5 Å². The van der Waals surface area contributed by atoms with E-state index >= 15 is 0 Å². The summed E-state index contributed by atoms with van der Waals surface area (Å²) >= 11 is 0. The quantitative estimate of drug-likeness (QED) is 0.445. The second kappa shape index (κ2) is 6.75. The zero-order valence-electron chi connectivity index (χ0n) is 6.99. The van der Waals surface area contributed by atoms with Crippen LogP contribution in [-0.2, 0) is 4.43 Å². The molecule has 0 heterocycles. The van der Waals surface area contributed by atoms with Crippen LogP contribution in [0.2, 0.25) is 6.04 Å². The minimum atomic E-state index is -1.92. The van der Waals surface area contributed by atoms with Crippen LogP contribution in [0.4, 0.5) is 0 Å². The first-order valence-electron chi connectivity index (χ1n) is 3.85. The Balaban J connectivity index is 3.49. The van der Waals surface area contributed by atoms with Gasteiger partial charge in [-0.3, -0.25) is 0 Å². The summed E-state index contributed by atoms with van der Waals surface area (Å²) in [5.74, 6) is 0.335. The molecule has 4 nitrogen and oxygen atoms in total. The van der Waals surface area contributed by atoms with Crippen molar-refractivity contribution in [1.29, 1.82) is 0 Å². The fraction of sp³-hybridized carbons (Fsp3) is 1.00. The van der Waals surface area contributed by atoms with Crippen molar-refractivity contribution in [1.82, 2.24) is 0 Å². The monoisotopic (exact) mass is 178 g/mol. The third-order valence-electron chi connectivity index (χ3n) is 1.72. The number of rotatable bonds is 6. The second-order valence-electron chi connectivity index (χ2n) is 2.61. The summed E-state index contributed by atoms with van der Waals surface area (Å²) in [7, 11) is -0.389. The molecule has 0 aromatic rings. The highest BCUT2D eigenvalue weighted by atomic mass is 28.3. The Kier molecular flexibility index (Phi) is 6.78. The molecule has 5 heteroatoms. The molecule has 0 aromatic heterocycles. The van der Waals surface area contributed by atoms with Gasteiger partial charge >= 0.3 is 9.28 Å². The van der Waals surface area contributed by atoms with E-state index in [0.717, 1.165) is 6.42 Å². The number of hydrogen-bond acceptors (Lipinski definition) is 4. The van der Waals surface area contributed by atoms with Crippen LogP contribution in [0.3, 0.4) is 0 Å². The zero-order chi connectivity index (χ0) is 8.69. The summed E-state index contributed by atoms with van der Waals surface area (Å²) < 4.78 is 4.83. The van der Waals surface area contributed by atoms with Crippen LogP contribution in [0, 0.1) is 5.92 Å². The second-order valence-corrected chi connectivity index (χ2v) is 4.46. The van der Waals surface area contributed by atoms with Gasteiger partial charge in [-0.15, -0.1) is 0 Å². The third-order valence-corrected chi connectivity index (χ3v) is 3.33. The van der Waals surface area contributed by atoms with E-state index in [4.69, 9.17) is 15.9 Å². The molecule has 0 saturated carbocycles. The Hall–Kier alpha value is 0.0569. The van der Waals surface area contributed by atoms with Crippen molar-refractivity contribution < 1.29 is 9.22 Å². The van der Waals surface area contributed by atoms with Crippen molar-refractivity contribution in [2.75, 3.05) is 20.2 Å². The first-order valence-corrected chi connectivity index (χ1v) is 5.66. The Labute approximate surface area is 69.4 Å². The molecule has 0 aliphatic heterocycles. The summed E-state index contributed by atoms with van der Waals surface area (Å²) in [6, 6.07) is 0.712. The summed E-state index contributed by atoms with van der Waals surface area (Å²) in [5.41, 5.74) is 10.8. The van der Waals surface area contributed by atoms with Gasteiger partial charge in [0.05, 0.1) is 0 Å². The predicted octanol–water partition coefficient (Wildman–Crippen LogP) is -1.23. The summed E-state index contributed by atoms with van der Waals surface area (Å²) in [4.78, 5) is 9.21. The molecule has 0 amide bonds. The average molecular weight is 178 g/mol. The Morgan fingerprint density at radius 3 is 2.55 bits per heavy atom. The molecule has 5 N–H and O–H groups in total. The molecule has 2 unspecified atom stereocenters. The van der Waals surface area contributed by atoms with Crippen molar-refractivity contribution in [2.45, 2.75) is 12.5 Å². The molecule has 0 aromatic carbocycles. The highest BCUT2D eigenvalue weighted by Crippen LogP contribution is 2.08. The molecular weight excluding hydrogens is 160 g/mol. The average Bonchev–Trinajstić information content (AvgIpc) is 2.03. The van der Waals surface area contributed by atoms with E-state index in [2.05, 4.69) is 0 Å². The van der Waals surface area contributed by atoms with E-state index in [1.54, 1.807) is 0 Å². The van der Waals surface area contributed by atoms with Gasteiger partial charge in [0.25, 0.3) is 0 Å². The summed E-state index contributed by atoms with van der Waals surface area (Å²) in [6.07, 6.45) is 0.879. The first kappa shape index (κ1) is 11.1. The lowest BCUT2D eigenvalue weighted by atomic mass is 10.1. The molecule has 68 valence electrons. The maximum atomic E-state index is 9.21. The van der Waals surface area contributed by atoms with Gasteiger partial charge in [0, 0.05) is 7.11 Å². The zero-order valence-corrected chi connectivity index (χ0v) is 8.15. The molecule has 2 atom stereocenters. The van der Waals surface area contributed by atoms with Gasteiger partial charge in [-0.1, -0.05) is 0 Å². The van der Waals surface area contributed by atoms with Gasteiger partial charge < -0.3 is 20.7 Å². The molecule has 11 heavy (non-hydrogen) atoms. The van der Waals surface area contributed by atoms with E-state index in [-0.39, 0.29) is 0 Å². The standard InChI is InChI=1S/C6H18N2O2Si/c1-10-11(9)5-6(4-8)2-3-7/h6,9,11H,2-5,7-8H2,1H3. The van der Waals surface area contributed by atoms with Crippen LogP contribution in [-0.4, -0.2) is 34.3 Å². The smallest absolute Gasteiger partial charge is 0.318 e. The molecule has 0 fully saturated rings. The van der Waals surface area contributed by atoms with Crippen LogP contribution in [0.25, 0.3) is 0 Å². The minimum absolute atomic E-state index is 0.335. The van der Waals surface area contributed by atoms with E-state index in [1.165, 1.54) is 7.11 Å². The van der Waals surface area contributed by atoms with Crippen molar-refractivity contribution in [2.24, 2.45) is 17.4 Å². The molecular formula is C6H18N2O2Si. The van der Waals surface area contributed by atoms with Crippen molar-refractivity contribution in [3.05, 3.63) is 0 Å². The Morgan fingerprint density at radius 2 is 2.18 bits per heavy atom. The molecule has 0 bridgehead atoms. The van der Waals surface area contributed by atoms with Gasteiger partial charge in [0.2, 0.25) is 0 Å². The van der Waals surface area contributed by atoms with Gasteiger partial charge in [-0.05, 0) is 31.5 Å². The SMILES string of the molecule is CO[SiH](O)CC(CN)CCN. The van der Waals surface area contributed by atoms with Gasteiger partial charge in [-0.25, -0.2) is 0 Å². The number of hydrogen-bond donors (Lipinski definition) is 3. The highest BCUT2D eigenvalue weighted by molar-refractivity contribution is 6.42. The molecule has 0 aliphatic carbocycles. The summed E-state index contributed by atoms with van der Waals surface area (Å²) in [6.45, 7) is 1.22. The van der Waals surface area contributed by atoms with Crippen LogP contribution in [0.1, 0.15) is 6.42 Å². The lowest BCUT2D eigenvalue weighted by molar-refractivity contribution is 0.314. The van der Waals surface area contributed by atoms with Crippen molar-refractivity contribution in [3.8, 4) is 0 Å². The highest BCUT2D eigenvalue weighted by Gasteiger charge is 2.13. The molecule has 0 aliphatic rings. The topological polar surface area (TPSA) is 81.5 Å².